The minimum atomic E-state index is -3.91. The Hall–Kier alpha value is -5.20. The summed E-state index contributed by atoms with van der Waals surface area (Å²) in [6.45, 7) is 3.54. The molecule has 0 spiro atoms. The number of nitrogens with two attached hydrogens (primary N) is 1. The average molecular weight is 631 g/mol. The Morgan fingerprint density at radius 2 is 1.82 bits per heavy atom. The van der Waals surface area contributed by atoms with Gasteiger partial charge in [0.1, 0.15) is 5.82 Å². The van der Waals surface area contributed by atoms with E-state index < -0.39 is 21.6 Å². The molecule has 3 aromatic heterocycles. The Kier molecular flexibility index (Phi) is 7.31. The van der Waals surface area contributed by atoms with E-state index in [9.17, 15) is 17.6 Å². The average Bonchev–Trinajstić information content (AvgIpc) is 3.57. The van der Waals surface area contributed by atoms with E-state index in [-0.39, 0.29) is 33.6 Å². The number of sulfonamides is 1. The SMILES string of the molecule is Cc1cc2cc(C(=O)c3cnn(-c4cnc(Oc5ccccc5F)cc4C)c3N)[nH]c2cc1NS(=O)(=O)c1cccc(Cl)c1. The predicted octanol–water partition coefficient (Wildman–Crippen LogP) is 6.56. The van der Waals surface area contributed by atoms with Crippen molar-refractivity contribution in [2.75, 3.05) is 10.5 Å². The molecule has 10 nitrogen and oxygen atoms in total. The highest BCUT2D eigenvalue weighted by atomic mass is 35.5. The summed E-state index contributed by atoms with van der Waals surface area (Å²) in [5.41, 5.74) is 9.48. The molecule has 44 heavy (non-hydrogen) atoms. The van der Waals surface area contributed by atoms with Crippen molar-refractivity contribution in [2.24, 2.45) is 0 Å². The van der Waals surface area contributed by atoms with Gasteiger partial charge in [-0.3, -0.25) is 9.52 Å². The fourth-order valence-electron chi connectivity index (χ4n) is 4.68. The first-order valence-electron chi connectivity index (χ1n) is 13.2. The van der Waals surface area contributed by atoms with Crippen molar-refractivity contribution >= 4 is 49.8 Å². The molecule has 0 saturated carbocycles. The molecule has 6 rings (SSSR count). The normalized spacial score (nSPS) is 11.5. The van der Waals surface area contributed by atoms with E-state index >= 15 is 0 Å². The molecule has 0 aliphatic rings. The summed E-state index contributed by atoms with van der Waals surface area (Å²) in [4.78, 5) is 20.8. The Bertz CT molecular complexity index is 2200. The highest BCUT2D eigenvalue weighted by Gasteiger charge is 2.22. The van der Waals surface area contributed by atoms with Crippen LogP contribution in [0.15, 0.2) is 90.1 Å². The maximum absolute atomic E-state index is 14.0. The number of H-pyrrole nitrogens is 1. The number of hydrogen-bond donors (Lipinski definition) is 3. The minimum absolute atomic E-state index is 0.0250. The molecule has 0 atom stereocenters. The highest BCUT2D eigenvalue weighted by Crippen LogP contribution is 2.30. The minimum Gasteiger partial charge on any atom is -0.436 e. The van der Waals surface area contributed by atoms with E-state index in [2.05, 4.69) is 19.8 Å². The van der Waals surface area contributed by atoms with Gasteiger partial charge in [-0.1, -0.05) is 29.8 Å². The molecule has 4 N–H and O–H groups in total. The zero-order chi connectivity index (χ0) is 31.2. The number of aromatic amines is 1. The number of fused-ring (bicyclic) bond motifs is 1. The maximum Gasteiger partial charge on any atom is 0.261 e. The summed E-state index contributed by atoms with van der Waals surface area (Å²) in [5.74, 6) is -0.613. The van der Waals surface area contributed by atoms with Crippen molar-refractivity contribution in [2.45, 2.75) is 18.7 Å². The lowest BCUT2D eigenvalue weighted by molar-refractivity contribution is 0.103. The van der Waals surface area contributed by atoms with Gasteiger partial charge in [0.25, 0.3) is 10.0 Å². The molecular weight excluding hydrogens is 607 g/mol. The molecule has 0 saturated heterocycles. The van der Waals surface area contributed by atoms with E-state index in [0.29, 0.717) is 38.4 Å². The lowest BCUT2D eigenvalue weighted by Gasteiger charge is -2.11. The topological polar surface area (TPSA) is 145 Å². The number of nitrogen functional groups attached to an aromatic ring is 1. The van der Waals surface area contributed by atoms with Gasteiger partial charge in [-0.25, -0.2) is 22.5 Å². The third kappa shape index (κ3) is 5.48. The molecule has 222 valence electrons. The number of aromatic nitrogens is 4. The standard InChI is InChI=1S/C31H24ClFN6O4S/c1-17-10-19-12-26(37-25(19)14-24(17)38-44(41,42)21-7-5-6-20(32)13-21)30(40)22-15-36-39(31(22)34)27-16-35-29(11-18(27)2)43-28-9-4-3-8-23(28)33/h3-16,37-38H,34H2,1-2H3. The first-order valence-corrected chi connectivity index (χ1v) is 15.1. The number of anilines is 2. The Morgan fingerprint density at radius 1 is 1.02 bits per heavy atom. The number of halogens is 2. The smallest absolute Gasteiger partial charge is 0.261 e. The first kappa shape index (κ1) is 28.9. The molecule has 13 heteroatoms. The van der Waals surface area contributed by atoms with Crippen LogP contribution in [-0.2, 0) is 10.0 Å². The summed E-state index contributed by atoms with van der Waals surface area (Å²) in [5, 5.41) is 5.31. The van der Waals surface area contributed by atoms with Gasteiger partial charge < -0.3 is 15.5 Å². The number of benzene rings is 3. The van der Waals surface area contributed by atoms with Gasteiger partial charge >= 0.3 is 0 Å². The number of nitrogens with zero attached hydrogens (tertiary/aromatic N) is 3. The van der Waals surface area contributed by atoms with Crippen LogP contribution < -0.4 is 15.2 Å². The number of pyridine rings is 1. The number of carbonyl (C=O) groups excluding carboxylic acids is 1. The highest BCUT2D eigenvalue weighted by molar-refractivity contribution is 7.92. The number of carbonyl (C=O) groups is 1. The van der Waals surface area contributed by atoms with Gasteiger partial charge in [-0.15, -0.1) is 0 Å². The number of aryl methyl sites for hydroxylation is 2. The summed E-state index contributed by atoms with van der Waals surface area (Å²) >= 11 is 5.98. The van der Waals surface area contributed by atoms with Crippen LogP contribution in [0.2, 0.25) is 5.02 Å². The third-order valence-corrected chi connectivity index (χ3v) is 8.55. The van der Waals surface area contributed by atoms with Crippen LogP contribution in [0.4, 0.5) is 15.9 Å². The molecule has 0 radical (unpaired) electrons. The van der Waals surface area contributed by atoms with Crippen LogP contribution in [0.1, 0.15) is 27.2 Å². The van der Waals surface area contributed by atoms with E-state index in [1.807, 2.05) is 0 Å². The molecule has 6 aromatic rings. The molecule has 0 aliphatic heterocycles. The van der Waals surface area contributed by atoms with E-state index in [0.717, 1.165) is 0 Å². The Balaban J connectivity index is 1.26. The van der Waals surface area contributed by atoms with Crippen LogP contribution in [0.25, 0.3) is 16.6 Å². The number of rotatable bonds is 8. The van der Waals surface area contributed by atoms with E-state index in [4.69, 9.17) is 22.1 Å². The van der Waals surface area contributed by atoms with Crippen LogP contribution in [0, 0.1) is 19.7 Å². The first-order chi connectivity index (χ1) is 21.0. The molecular formula is C31H24ClFN6O4S. The van der Waals surface area contributed by atoms with Crippen molar-refractivity contribution in [3.63, 3.8) is 0 Å². The largest absolute Gasteiger partial charge is 0.436 e. The van der Waals surface area contributed by atoms with Crippen molar-refractivity contribution in [1.82, 2.24) is 19.7 Å². The van der Waals surface area contributed by atoms with Gasteiger partial charge in [0.2, 0.25) is 11.7 Å². The maximum atomic E-state index is 14.0. The number of para-hydroxylation sites is 1. The summed E-state index contributed by atoms with van der Waals surface area (Å²) < 4.78 is 49.4. The number of ketones is 1. The second kappa shape index (κ2) is 11.1. The second-order valence-corrected chi connectivity index (χ2v) is 12.1. The van der Waals surface area contributed by atoms with Gasteiger partial charge in [-0.2, -0.15) is 5.10 Å². The summed E-state index contributed by atoms with van der Waals surface area (Å²) in [6, 6.07) is 18.6. The molecule has 0 unspecified atom stereocenters. The van der Waals surface area contributed by atoms with Crippen LogP contribution >= 0.6 is 11.6 Å². The number of hydrogen-bond acceptors (Lipinski definition) is 7. The van der Waals surface area contributed by atoms with Crippen LogP contribution in [0.5, 0.6) is 11.6 Å². The van der Waals surface area contributed by atoms with Crippen molar-refractivity contribution in [3.8, 4) is 17.3 Å². The fourth-order valence-corrected chi connectivity index (χ4v) is 6.10. The van der Waals surface area contributed by atoms with E-state index in [1.165, 1.54) is 41.3 Å². The quantitative estimate of drug-likeness (QED) is 0.161. The summed E-state index contributed by atoms with van der Waals surface area (Å²) in [7, 11) is -3.91. The predicted molar refractivity (Wildman–Crippen MR) is 166 cm³/mol. The molecule has 3 heterocycles. The number of ether oxygens (including phenoxy) is 1. The third-order valence-electron chi connectivity index (χ3n) is 6.95. The van der Waals surface area contributed by atoms with Crippen molar-refractivity contribution < 1.29 is 22.3 Å². The van der Waals surface area contributed by atoms with Crippen LogP contribution in [0.3, 0.4) is 0 Å². The van der Waals surface area contributed by atoms with Gasteiger partial charge in [0.15, 0.2) is 11.6 Å². The molecule has 0 aliphatic carbocycles. The monoisotopic (exact) mass is 630 g/mol. The molecule has 0 amide bonds. The lowest BCUT2D eigenvalue weighted by Crippen LogP contribution is -2.13. The summed E-state index contributed by atoms with van der Waals surface area (Å²) in [6.07, 6.45) is 2.84. The van der Waals surface area contributed by atoms with Crippen LogP contribution in [-0.4, -0.2) is 33.9 Å². The molecule has 3 aromatic carbocycles. The lowest BCUT2D eigenvalue weighted by atomic mass is 10.1. The fraction of sp³-hybridized carbons (Fsp3) is 0.0645. The Morgan fingerprint density at radius 3 is 2.57 bits per heavy atom. The van der Waals surface area contributed by atoms with Gasteiger partial charge in [0.05, 0.1) is 39.9 Å². The zero-order valence-corrected chi connectivity index (χ0v) is 24.9. The van der Waals surface area contributed by atoms with Gasteiger partial charge in [0, 0.05) is 22.0 Å². The zero-order valence-electron chi connectivity index (χ0n) is 23.3. The number of nitrogens with one attached hydrogen (secondary N) is 2. The van der Waals surface area contributed by atoms with E-state index in [1.54, 1.807) is 62.4 Å². The van der Waals surface area contributed by atoms with Crippen molar-refractivity contribution in [3.05, 3.63) is 118 Å². The molecule has 0 fully saturated rings. The second-order valence-electron chi connectivity index (χ2n) is 10.0. The van der Waals surface area contributed by atoms with Gasteiger partial charge in [-0.05, 0) is 73.5 Å². The van der Waals surface area contributed by atoms with Crippen molar-refractivity contribution in [1.29, 1.82) is 0 Å². The molecule has 0 bridgehead atoms. The Labute approximate surface area is 256 Å².